The maximum atomic E-state index is 10.4. The average molecular weight is 1410 g/mol. The summed E-state index contributed by atoms with van der Waals surface area (Å²) in [7, 11) is 0. The highest BCUT2D eigenvalue weighted by molar-refractivity contribution is 6.34. The van der Waals surface area contributed by atoms with Gasteiger partial charge in [-0.2, -0.15) is 5.26 Å². The molecule has 12 nitrogen and oxygen atoms in total. The number of amidine groups is 1. The van der Waals surface area contributed by atoms with Crippen LogP contribution in [0.2, 0.25) is 10.0 Å². The Bertz CT molecular complexity index is 4680. The molecule has 1 aliphatic rings. The van der Waals surface area contributed by atoms with Crippen LogP contribution < -0.4 is 14.7 Å². The zero-order valence-corrected chi connectivity index (χ0v) is 62.7. The molecule has 0 saturated heterocycles. The van der Waals surface area contributed by atoms with Crippen molar-refractivity contribution in [3.63, 3.8) is 0 Å². The Morgan fingerprint density at radius 2 is 0.962 bits per heavy atom. The van der Waals surface area contributed by atoms with Crippen LogP contribution in [0.15, 0.2) is 227 Å². The van der Waals surface area contributed by atoms with Gasteiger partial charge in [0.05, 0.1) is 31.0 Å². The normalized spacial score (nSPS) is 12.7. The van der Waals surface area contributed by atoms with Gasteiger partial charge >= 0.3 is 0 Å². The van der Waals surface area contributed by atoms with Gasteiger partial charge in [-0.05, 0) is 192 Å². The molecule has 0 heterocycles. The monoisotopic (exact) mass is 1410 g/mol. The lowest BCUT2D eigenvalue weighted by molar-refractivity contribution is -0.527. The summed E-state index contributed by atoms with van der Waals surface area (Å²) in [5.41, 5.74) is 16.7. The molecular weight excluding hydrogens is 1320 g/mol. The van der Waals surface area contributed by atoms with Gasteiger partial charge in [0.25, 0.3) is 17.2 Å². The number of halogens is 2. The fraction of sp³-hybridized carbons (Fsp3) is 0.278. The Morgan fingerprint density at radius 3 is 1.46 bits per heavy atom. The van der Waals surface area contributed by atoms with E-state index in [0.717, 1.165) is 171 Å². The second kappa shape index (κ2) is 40.3. The molecule has 0 aromatic heterocycles. The Hall–Kier alpha value is -11.4. The van der Waals surface area contributed by atoms with Crippen LogP contribution in [-0.4, -0.2) is 61.1 Å². The number of rotatable bonds is 33. The van der Waals surface area contributed by atoms with E-state index in [9.17, 15) is 15.8 Å². The number of aliphatic imine (C=N–C) groups is 2. The molecular formula is C90H91Cl2N12+. The predicted octanol–water partition coefficient (Wildman–Crippen LogP) is 23.9. The highest BCUT2D eigenvalue weighted by atomic mass is 35.5. The maximum Gasteiger partial charge on any atom is 0.272 e. The molecule has 0 aliphatic heterocycles. The number of anilines is 4. The van der Waals surface area contributed by atoms with Gasteiger partial charge < -0.3 is 19.5 Å². The first kappa shape index (κ1) is 78.4. The van der Waals surface area contributed by atoms with Gasteiger partial charge in [0.15, 0.2) is 11.4 Å². The van der Waals surface area contributed by atoms with E-state index < -0.39 is 0 Å². The standard InChI is InChI=1S/C90H91Cl2N12/c1-12-18-55-101(56-19-13-2)76-43-33-69(34-44-76)81(68-27-25-67(26-28-68)64-103(53-16-5)79-49-51-83(65(7)59-79)99-87(63-95)88(85(61-93)96-9)72-29-39-74(91)40-30-72)23-22-24-82(70-35-45-77(46-36-70)102(57-20-14-3)58-21-15-4)71-37-47-78(48-38-71)104(54-17-6)80-50-52-84(66(8)60-80)100-90(98-11)89(86(62-94)97-10)73-31-41-75(92)42-32-73/h22-52,59-60H,12-21,53-58,64H2,1-8H3/q+1. The molecule has 14 heteroatoms. The van der Waals surface area contributed by atoms with Crippen molar-refractivity contribution in [1.29, 1.82) is 15.8 Å². The second-order valence-electron chi connectivity index (χ2n) is 25.6. The number of nitriles is 3. The smallest absolute Gasteiger partial charge is 0.272 e. The van der Waals surface area contributed by atoms with Crippen LogP contribution in [0.5, 0.6) is 0 Å². The van der Waals surface area contributed by atoms with Gasteiger partial charge in [-0.1, -0.05) is 188 Å². The molecule has 0 amide bonds. The maximum absolute atomic E-state index is 10.4. The van der Waals surface area contributed by atoms with Crippen molar-refractivity contribution in [3.05, 3.63) is 306 Å². The van der Waals surface area contributed by atoms with Crippen LogP contribution in [0.3, 0.4) is 0 Å². The van der Waals surface area contributed by atoms with Crippen LogP contribution in [0.4, 0.5) is 34.1 Å². The summed E-state index contributed by atoms with van der Waals surface area (Å²) in [6.07, 6.45) is 26.6. The molecule has 0 radical (unpaired) electrons. The molecule has 0 saturated carbocycles. The minimum Gasteiger partial charge on any atom is -0.372 e. The topological polar surface area (TPSA) is 122 Å². The summed E-state index contributed by atoms with van der Waals surface area (Å²) in [6.45, 7) is 47.2. The van der Waals surface area contributed by atoms with Crippen molar-refractivity contribution in [2.24, 2.45) is 9.98 Å². The largest absolute Gasteiger partial charge is 0.372 e. The van der Waals surface area contributed by atoms with Gasteiger partial charge in [0, 0.05) is 107 Å². The van der Waals surface area contributed by atoms with E-state index in [-0.39, 0.29) is 34.1 Å². The lowest BCUT2D eigenvalue weighted by Crippen LogP contribution is -2.25. The zero-order chi connectivity index (χ0) is 74.3. The Morgan fingerprint density at radius 1 is 0.481 bits per heavy atom. The minimum absolute atomic E-state index is 0.0327. The Kier molecular flexibility index (Phi) is 30.4. The van der Waals surface area contributed by atoms with E-state index in [4.69, 9.17) is 52.9 Å². The molecule has 0 fully saturated rings. The van der Waals surface area contributed by atoms with E-state index in [1.807, 2.05) is 50.3 Å². The fourth-order valence-electron chi connectivity index (χ4n) is 12.5. The molecule has 0 atom stereocenters. The third-order valence-corrected chi connectivity index (χ3v) is 18.7. The van der Waals surface area contributed by atoms with Gasteiger partial charge in [0.1, 0.15) is 24.9 Å². The van der Waals surface area contributed by atoms with E-state index in [1.54, 1.807) is 48.5 Å². The molecule has 8 rings (SSSR count). The molecule has 7 aromatic carbocycles. The summed E-state index contributed by atoms with van der Waals surface area (Å²) in [5, 5.41) is 31.4. The van der Waals surface area contributed by atoms with E-state index in [2.05, 4.69) is 209 Å². The van der Waals surface area contributed by atoms with Crippen molar-refractivity contribution < 1.29 is 4.58 Å². The molecule has 0 N–H and O–H groups in total. The Balaban J connectivity index is 1.18. The number of benzene rings is 7. The third-order valence-electron chi connectivity index (χ3n) is 18.2. The van der Waals surface area contributed by atoms with Gasteiger partial charge in [0.2, 0.25) is 0 Å². The van der Waals surface area contributed by atoms with E-state index in [1.165, 1.54) is 11.4 Å². The SMILES string of the molecule is [C-]#[N+]C(=Nc1ccc(N(CCC)c2ccc(C(=CC=CC(=C3C=CC(=[N+](CCCC)CCCC)C=C3)c3ccc(CN(CCC)c4ccc(N=C(C#N)C(=C(C#N)[N+]#[C-])c5ccc(Cl)cc5)c(C)c4)cc3)c3ccc(N(CCCC)CCCC)cc3)cc2)cc1C)C(=C(C#N)[N+]#[C-])c1ccc(Cl)cc1. The van der Waals surface area contributed by atoms with Crippen molar-refractivity contribution in [3.8, 4) is 18.2 Å². The van der Waals surface area contributed by atoms with Crippen molar-refractivity contribution in [2.75, 3.05) is 54.0 Å². The number of allylic oxidation sites excluding steroid dienone is 12. The lowest BCUT2D eigenvalue weighted by atomic mass is 9.93. The predicted molar refractivity (Wildman–Crippen MR) is 436 cm³/mol. The highest BCUT2D eigenvalue weighted by Gasteiger charge is 2.22. The molecule has 104 heavy (non-hydrogen) atoms. The molecule has 0 bridgehead atoms. The van der Waals surface area contributed by atoms with Gasteiger partial charge in [-0.25, -0.2) is 29.8 Å². The van der Waals surface area contributed by atoms with Crippen molar-refractivity contribution >= 4 is 96.9 Å². The highest BCUT2D eigenvalue weighted by Crippen LogP contribution is 2.37. The van der Waals surface area contributed by atoms with Crippen LogP contribution in [-0.2, 0) is 6.54 Å². The molecule has 1 aliphatic carbocycles. The summed E-state index contributed by atoms with van der Waals surface area (Å²) in [4.78, 5) is 27.4. The molecule has 0 unspecified atom stereocenters. The third kappa shape index (κ3) is 20.9. The first-order valence-electron chi connectivity index (χ1n) is 36.1. The van der Waals surface area contributed by atoms with Crippen LogP contribution in [0.1, 0.15) is 150 Å². The molecule has 524 valence electrons. The summed E-state index contributed by atoms with van der Waals surface area (Å²) < 4.78 is 2.53. The van der Waals surface area contributed by atoms with Gasteiger partial charge in [-0.15, -0.1) is 4.99 Å². The molecule has 0 spiro atoms. The first-order chi connectivity index (χ1) is 50.7. The summed E-state index contributed by atoms with van der Waals surface area (Å²) in [6, 6.07) is 58.3. The molecule has 7 aromatic rings. The summed E-state index contributed by atoms with van der Waals surface area (Å²) >= 11 is 12.4. The van der Waals surface area contributed by atoms with Crippen LogP contribution in [0.25, 0.3) is 36.8 Å². The minimum atomic E-state index is -0.228. The number of unbranched alkanes of at least 4 members (excludes halogenated alkanes) is 4. The van der Waals surface area contributed by atoms with E-state index >= 15 is 0 Å². The van der Waals surface area contributed by atoms with Crippen molar-refractivity contribution in [1.82, 2.24) is 0 Å². The zero-order valence-electron chi connectivity index (χ0n) is 61.2. The van der Waals surface area contributed by atoms with Crippen LogP contribution >= 0.6 is 23.2 Å². The number of hydrogen-bond acceptors (Lipinski definition) is 8. The number of aryl methyl sites for hydroxylation is 2. The number of nitrogens with zero attached hydrogens (tertiary/aromatic N) is 12. The number of hydrogen-bond donors (Lipinski definition) is 0. The Labute approximate surface area is 627 Å². The quantitative estimate of drug-likeness (QED) is 0.0101. The van der Waals surface area contributed by atoms with E-state index in [0.29, 0.717) is 39.1 Å². The second-order valence-corrected chi connectivity index (χ2v) is 26.5. The first-order valence-corrected chi connectivity index (χ1v) is 36.9. The fourth-order valence-corrected chi connectivity index (χ4v) is 12.7. The van der Waals surface area contributed by atoms with Crippen molar-refractivity contribution in [2.45, 2.75) is 126 Å². The lowest BCUT2D eigenvalue weighted by Gasteiger charge is -2.26. The average Bonchev–Trinajstić information content (AvgIpc) is 0.813. The van der Waals surface area contributed by atoms with Crippen LogP contribution in [0, 0.1) is 67.6 Å². The van der Waals surface area contributed by atoms with Gasteiger partial charge in [-0.3, -0.25) is 0 Å². The summed E-state index contributed by atoms with van der Waals surface area (Å²) in [5.74, 6) is -0.0543.